The molecule has 6 heteroatoms. The van der Waals surface area contributed by atoms with Gasteiger partial charge in [-0.15, -0.1) is 0 Å². The number of carbonyl (C=O) groups is 1. The van der Waals surface area contributed by atoms with Crippen molar-refractivity contribution in [2.75, 3.05) is 18.4 Å². The Morgan fingerprint density at radius 3 is 2.81 bits per heavy atom. The lowest BCUT2D eigenvalue weighted by Crippen LogP contribution is -2.30. The molecule has 114 valence electrons. The van der Waals surface area contributed by atoms with E-state index in [1.807, 2.05) is 0 Å². The first-order valence-electron chi connectivity index (χ1n) is 6.67. The summed E-state index contributed by atoms with van der Waals surface area (Å²) in [6.07, 6.45) is -2.40. The van der Waals surface area contributed by atoms with E-state index in [-0.39, 0.29) is 11.9 Å². The molecule has 21 heavy (non-hydrogen) atoms. The summed E-state index contributed by atoms with van der Waals surface area (Å²) in [5.41, 5.74) is 0.534. The topological polar surface area (TPSA) is 32.3 Å². The van der Waals surface area contributed by atoms with E-state index in [4.69, 9.17) is 0 Å². The summed E-state index contributed by atoms with van der Waals surface area (Å²) in [6.45, 7) is 6.24. The summed E-state index contributed by atoms with van der Waals surface area (Å²) in [4.78, 5) is 13.1. The molecule has 3 nitrogen and oxygen atoms in total. The first-order valence-corrected chi connectivity index (χ1v) is 6.67. The summed E-state index contributed by atoms with van der Waals surface area (Å²) < 4.78 is 38.2. The molecule has 0 aromatic heterocycles. The minimum atomic E-state index is -4.36. The standard InChI is InChI=1S/C15H17F3N2O/c1-3-14(21)20-7-6-12(9-20)19-13-8-11(15(16,17)18)5-4-10(13)2/h3-5,8,12,19H,1,6-7,9H2,2H3/t12-/m0/s1. The Labute approximate surface area is 121 Å². The van der Waals surface area contributed by atoms with Crippen molar-refractivity contribution < 1.29 is 18.0 Å². The van der Waals surface area contributed by atoms with Crippen LogP contribution in [0.25, 0.3) is 0 Å². The number of likely N-dealkylation sites (tertiary alicyclic amines) is 1. The second-order valence-electron chi connectivity index (χ2n) is 5.15. The summed E-state index contributed by atoms with van der Waals surface area (Å²) >= 11 is 0. The van der Waals surface area contributed by atoms with Crippen molar-refractivity contribution in [3.8, 4) is 0 Å². The molecule has 1 fully saturated rings. The maximum Gasteiger partial charge on any atom is 0.416 e. The summed E-state index contributed by atoms with van der Waals surface area (Å²) in [7, 11) is 0. The number of anilines is 1. The predicted molar refractivity (Wildman–Crippen MR) is 75.0 cm³/mol. The highest BCUT2D eigenvalue weighted by atomic mass is 19.4. The molecule has 2 rings (SSSR count). The zero-order valence-corrected chi connectivity index (χ0v) is 11.7. The number of hydrogen-bond donors (Lipinski definition) is 1. The van der Waals surface area contributed by atoms with Crippen LogP contribution in [0.15, 0.2) is 30.9 Å². The van der Waals surface area contributed by atoms with Crippen LogP contribution in [0.3, 0.4) is 0 Å². The van der Waals surface area contributed by atoms with Crippen molar-refractivity contribution >= 4 is 11.6 Å². The lowest BCUT2D eigenvalue weighted by Gasteiger charge is -2.18. The van der Waals surface area contributed by atoms with E-state index in [1.165, 1.54) is 12.1 Å². The van der Waals surface area contributed by atoms with Crippen molar-refractivity contribution in [2.45, 2.75) is 25.6 Å². The van der Waals surface area contributed by atoms with E-state index < -0.39 is 11.7 Å². The molecule has 1 heterocycles. The van der Waals surface area contributed by atoms with E-state index in [2.05, 4.69) is 11.9 Å². The number of benzene rings is 1. The van der Waals surface area contributed by atoms with Gasteiger partial charge in [-0.2, -0.15) is 13.2 Å². The number of rotatable bonds is 3. The predicted octanol–water partition coefficient (Wildman–Crippen LogP) is 3.21. The number of nitrogens with one attached hydrogen (secondary N) is 1. The Bertz CT molecular complexity index is 554. The molecule has 0 spiro atoms. The van der Waals surface area contributed by atoms with Crippen LogP contribution in [0.2, 0.25) is 0 Å². The zero-order chi connectivity index (χ0) is 15.6. The molecule has 0 saturated carbocycles. The number of hydrogen-bond acceptors (Lipinski definition) is 2. The second kappa shape index (κ2) is 5.79. The van der Waals surface area contributed by atoms with Gasteiger partial charge in [0.05, 0.1) is 5.56 Å². The molecule has 0 radical (unpaired) electrons. The van der Waals surface area contributed by atoms with Crippen LogP contribution in [0.1, 0.15) is 17.5 Å². The molecule has 0 bridgehead atoms. The number of aryl methyl sites for hydroxylation is 1. The van der Waals surface area contributed by atoms with Gasteiger partial charge in [-0.25, -0.2) is 0 Å². The van der Waals surface area contributed by atoms with Crippen LogP contribution in [0.4, 0.5) is 18.9 Å². The Kier molecular flexibility index (Phi) is 4.25. The fourth-order valence-corrected chi connectivity index (χ4v) is 2.38. The molecule has 1 aromatic carbocycles. The average molecular weight is 298 g/mol. The number of nitrogens with zero attached hydrogens (tertiary/aromatic N) is 1. The van der Waals surface area contributed by atoms with Gasteiger partial charge >= 0.3 is 6.18 Å². The molecule has 1 aliphatic rings. The number of halogens is 3. The van der Waals surface area contributed by atoms with Crippen LogP contribution < -0.4 is 5.32 Å². The number of carbonyl (C=O) groups excluding carboxylic acids is 1. The molecule has 0 unspecified atom stereocenters. The van der Waals surface area contributed by atoms with Crippen molar-refractivity contribution in [1.29, 1.82) is 0 Å². The smallest absolute Gasteiger partial charge is 0.380 e. The molecule has 1 aromatic rings. The van der Waals surface area contributed by atoms with E-state index >= 15 is 0 Å². The van der Waals surface area contributed by atoms with Gasteiger partial charge in [-0.05, 0) is 37.1 Å². The molecule has 0 aliphatic carbocycles. The largest absolute Gasteiger partial charge is 0.416 e. The summed E-state index contributed by atoms with van der Waals surface area (Å²) in [5.74, 6) is -0.153. The normalized spacial score (nSPS) is 18.7. The fraction of sp³-hybridized carbons (Fsp3) is 0.400. The van der Waals surface area contributed by atoms with Gasteiger partial charge < -0.3 is 10.2 Å². The minimum Gasteiger partial charge on any atom is -0.380 e. The van der Waals surface area contributed by atoms with Crippen LogP contribution in [-0.4, -0.2) is 29.9 Å². The first kappa shape index (κ1) is 15.4. The lowest BCUT2D eigenvalue weighted by atomic mass is 10.1. The average Bonchev–Trinajstić information content (AvgIpc) is 2.87. The summed E-state index contributed by atoms with van der Waals surface area (Å²) in [6, 6.07) is 3.60. The molecule has 1 atom stereocenters. The highest BCUT2D eigenvalue weighted by Crippen LogP contribution is 2.32. The Balaban J connectivity index is 2.10. The first-order chi connectivity index (χ1) is 9.81. The lowest BCUT2D eigenvalue weighted by molar-refractivity contribution is -0.137. The van der Waals surface area contributed by atoms with Gasteiger partial charge in [-0.3, -0.25) is 4.79 Å². The van der Waals surface area contributed by atoms with E-state index in [9.17, 15) is 18.0 Å². The van der Waals surface area contributed by atoms with Gasteiger partial charge in [0, 0.05) is 24.8 Å². The van der Waals surface area contributed by atoms with E-state index in [0.717, 1.165) is 17.7 Å². The molecule has 1 N–H and O–H groups in total. The molecule has 1 aliphatic heterocycles. The van der Waals surface area contributed by atoms with Gasteiger partial charge in [0.15, 0.2) is 0 Å². The van der Waals surface area contributed by atoms with E-state index in [1.54, 1.807) is 11.8 Å². The zero-order valence-electron chi connectivity index (χ0n) is 11.7. The Morgan fingerprint density at radius 2 is 2.19 bits per heavy atom. The molecule has 1 amide bonds. The minimum absolute atomic E-state index is 0.0453. The van der Waals surface area contributed by atoms with Crippen molar-refractivity contribution in [3.05, 3.63) is 42.0 Å². The third-order valence-corrected chi connectivity index (χ3v) is 3.60. The van der Waals surface area contributed by atoms with Gasteiger partial charge in [0.25, 0.3) is 0 Å². The van der Waals surface area contributed by atoms with Crippen LogP contribution in [0.5, 0.6) is 0 Å². The molecule has 1 saturated heterocycles. The Morgan fingerprint density at radius 1 is 1.48 bits per heavy atom. The third kappa shape index (κ3) is 3.56. The summed E-state index contributed by atoms with van der Waals surface area (Å²) in [5, 5.41) is 3.10. The van der Waals surface area contributed by atoms with Gasteiger partial charge in [-0.1, -0.05) is 12.6 Å². The van der Waals surface area contributed by atoms with Crippen LogP contribution >= 0.6 is 0 Å². The van der Waals surface area contributed by atoms with Crippen LogP contribution in [0, 0.1) is 6.92 Å². The number of amides is 1. The van der Waals surface area contributed by atoms with Crippen LogP contribution in [-0.2, 0) is 11.0 Å². The SMILES string of the molecule is C=CC(=O)N1CC[C@H](Nc2cc(C(F)(F)F)ccc2C)C1. The quantitative estimate of drug-likeness (QED) is 0.869. The molecular weight excluding hydrogens is 281 g/mol. The van der Waals surface area contributed by atoms with Crippen molar-refractivity contribution in [3.63, 3.8) is 0 Å². The van der Waals surface area contributed by atoms with Crippen molar-refractivity contribution in [1.82, 2.24) is 4.90 Å². The monoisotopic (exact) mass is 298 g/mol. The highest BCUT2D eigenvalue weighted by molar-refractivity contribution is 5.87. The number of alkyl halides is 3. The Hall–Kier alpha value is -1.98. The van der Waals surface area contributed by atoms with Gasteiger partial charge in [0.1, 0.15) is 0 Å². The highest BCUT2D eigenvalue weighted by Gasteiger charge is 2.31. The van der Waals surface area contributed by atoms with Gasteiger partial charge in [0.2, 0.25) is 5.91 Å². The third-order valence-electron chi connectivity index (χ3n) is 3.60. The second-order valence-corrected chi connectivity index (χ2v) is 5.15. The fourth-order valence-electron chi connectivity index (χ4n) is 2.38. The van der Waals surface area contributed by atoms with E-state index in [0.29, 0.717) is 25.2 Å². The maximum atomic E-state index is 12.7. The molecular formula is C15H17F3N2O. The van der Waals surface area contributed by atoms with Crippen molar-refractivity contribution in [2.24, 2.45) is 0 Å². The maximum absolute atomic E-state index is 12.7.